The van der Waals surface area contributed by atoms with E-state index >= 15 is 0 Å². The minimum atomic E-state index is -0.310. The first kappa shape index (κ1) is 22.4. The number of amides is 3. The van der Waals surface area contributed by atoms with Gasteiger partial charge >= 0.3 is 11.8 Å². The molecule has 3 amide bonds. The lowest BCUT2D eigenvalue weighted by molar-refractivity contribution is -0.366. The van der Waals surface area contributed by atoms with E-state index in [4.69, 9.17) is 0 Å². The second-order valence-electron chi connectivity index (χ2n) is 8.44. The Morgan fingerprint density at radius 1 is 0.788 bits per heavy atom. The van der Waals surface area contributed by atoms with Crippen molar-refractivity contribution in [3.8, 4) is 0 Å². The summed E-state index contributed by atoms with van der Waals surface area (Å²) >= 11 is 0. The third-order valence-electron chi connectivity index (χ3n) is 6.13. The molecular weight excluding hydrogens is 416 g/mol. The molecule has 0 atom stereocenters. The van der Waals surface area contributed by atoms with Gasteiger partial charge in [-0.1, -0.05) is 30.6 Å². The molecule has 0 unspecified atom stereocenters. The summed E-state index contributed by atoms with van der Waals surface area (Å²) in [7, 11) is 0. The molecule has 0 saturated carbocycles. The van der Waals surface area contributed by atoms with Crippen LogP contribution in [0.1, 0.15) is 47.2 Å². The number of carbonyl (C=O) groups excluding carboxylic acids is 3. The average Bonchev–Trinajstić information content (AvgIpc) is 3.28. The normalized spacial score (nSPS) is 15.5. The number of rotatable bonds is 6. The Labute approximate surface area is 193 Å². The molecule has 6 nitrogen and oxygen atoms in total. The SMILES string of the molecule is CCc1cc(Cc2cc(C)c([N+]3=C(O)C=CC3=O)c(CC)c2)cc(C)c1N1C(=O)C=CC1=O. The van der Waals surface area contributed by atoms with Crippen molar-refractivity contribution in [1.29, 1.82) is 0 Å². The van der Waals surface area contributed by atoms with E-state index in [1.165, 1.54) is 33.8 Å². The first-order valence-electron chi connectivity index (χ1n) is 11.1. The Hall–Kier alpha value is -3.80. The van der Waals surface area contributed by atoms with Crippen molar-refractivity contribution in [3.63, 3.8) is 0 Å². The van der Waals surface area contributed by atoms with Crippen LogP contribution in [0.15, 0.2) is 48.6 Å². The zero-order valence-electron chi connectivity index (χ0n) is 19.3. The van der Waals surface area contributed by atoms with Gasteiger partial charge < -0.3 is 5.11 Å². The van der Waals surface area contributed by atoms with E-state index < -0.39 is 0 Å². The molecule has 33 heavy (non-hydrogen) atoms. The highest BCUT2D eigenvalue weighted by Crippen LogP contribution is 2.32. The Balaban J connectivity index is 1.71. The maximum absolute atomic E-state index is 12.3. The summed E-state index contributed by atoms with van der Waals surface area (Å²) in [6, 6.07) is 8.20. The number of aliphatic hydroxyl groups excluding tert-OH is 1. The summed E-state index contributed by atoms with van der Waals surface area (Å²) in [6.45, 7) is 7.91. The quantitative estimate of drug-likeness (QED) is 0.538. The Morgan fingerprint density at radius 2 is 1.36 bits per heavy atom. The molecule has 2 heterocycles. The van der Waals surface area contributed by atoms with Gasteiger partial charge in [0, 0.05) is 23.3 Å². The van der Waals surface area contributed by atoms with E-state index in [0.29, 0.717) is 24.9 Å². The molecule has 2 aromatic rings. The number of aryl methyl sites for hydroxylation is 4. The van der Waals surface area contributed by atoms with Crippen molar-refractivity contribution in [2.24, 2.45) is 0 Å². The second kappa shape index (κ2) is 8.62. The van der Waals surface area contributed by atoms with E-state index in [-0.39, 0.29) is 23.6 Å². The summed E-state index contributed by atoms with van der Waals surface area (Å²) in [5.41, 5.74) is 7.31. The van der Waals surface area contributed by atoms with Gasteiger partial charge in [0.1, 0.15) is 0 Å². The largest absolute Gasteiger partial charge is 0.459 e. The number of aliphatic hydroxyl groups is 1. The smallest absolute Gasteiger partial charge is 0.421 e. The van der Waals surface area contributed by atoms with Gasteiger partial charge in [0.15, 0.2) is 0 Å². The number of nitrogens with zero attached hydrogens (tertiary/aromatic N) is 2. The second-order valence-corrected chi connectivity index (χ2v) is 8.44. The van der Waals surface area contributed by atoms with Crippen LogP contribution in [0, 0.1) is 13.8 Å². The number of carbonyl (C=O) groups is 3. The molecule has 2 aromatic carbocycles. The molecular formula is C27H27N2O4+. The highest BCUT2D eigenvalue weighted by Gasteiger charge is 2.32. The first-order valence-corrected chi connectivity index (χ1v) is 11.1. The fourth-order valence-electron chi connectivity index (χ4n) is 4.74. The van der Waals surface area contributed by atoms with Gasteiger partial charge in [0.2, 0.25) is 5.69 Å². The Morgan fingerprint density at radius 3 is 1.91 bits per heavy atom. The minimum Gasteiger partial charge on any atom is -0.459 e. The number of hydrogen-bond acceptors (Lipinski definition) is 3. The monoisotopic (exact) mass is 443 g/mol. The van der Waals surface area contributed by atoms with Gasteiger partial charge in [-0.25, -0.2) is 9.69 Å². The zero-order valence-corrected chi connectivity index (χ0v) is 19.3. The lowest BCUT2D eigenvalue weighted by Gasteiger charge is -2.21. The summed E-state index contributed by atoms with van der Waals surface area (Å²) in [5.74, 6) is -0.937. The first-order chi connectivity index (χ1) is 15.7. The maximum atomic E-state index is 12.3. The molecule has 6 heteroatoms. The zero-order chi connectivity index (χ0) is 23.9. The highest BCUT2D eigenvalue weighted by molar-refractivity contribution is 6.28. The number of imide groups is 1. The molecule has 168 valence electrons. The van der Waals surface area contributed by atoms with Crippen molar-refractivity contribution in [1.82, 2.24) is 0 Å². The topological polar surface area (TPSA) is 77.7 Å². The number of benzene rings is 2. The maximum Gasteiger partial charge on any atom is 0.421 e. The summed E-state index contributed by atoms with van der Waals surface area (Å²) < 4.78 is 1.35. The van der Waals surface area contributed by atoms with E-state index in [1.54, 1.807) is 0 Å². The van der Waals surface area contributed by atoms with E-state index in [1.807, 2.05) is 39.8 Å². The van der Waals surface area contributed by atoms with Crippen molar-refractivity contribution < 1.29 is 24.1 Å². The van der Waals surface area contributed by atoms with Crippen LogP contribution >= 0.6 is 0 Å². The third kappa shape index (κ3) is 3.93. The van der Waals surface area contributed by atoms with E-state index in [9.17, 15) is 19.5 Å². The van der Waals surface area contributed by atoms with E-state index in [2.05, 4.69) is 12.1 Å². The van der Waals surface area contributed by atoms with Crippen LogP contribution < -0.4 is 4.90 Å². The van der Waals surface area contributed by atoms with Crippen LogP contribution in [0.3, 0.4) is 0 Å². The fourth-order valence-corrected chi connectivity index (χ4v) is 4.74. The molecule has 0 aromatic heterocycles. The molecule has 1 N–H and O–H groups in total. The lowest BCUT2D eigenvalue weighted by atomic mass is 9.93. The van der Waals surface area contributed by atoms with Crippen molar-refractivity contribution in [2.75, 3.05) is 4.90 Å². The average molecular weight is 444 g/mol. The van der Waals surface area contributed by atoms with Crippen LogP contribution in [0.4, 0.5) is 11.4 Å². The van der Waals surface area contributed by atoms with Gasteiger partial charge in [0.25, 0.3) is 11.8 Å². The fraction of sp³-hybridized carbons (Fsp3) is 0.259. The predicted molar refractivity (Wildman–Crippen MR) is 127 cm³/mol. The summed E-state index contributed by atoms with van der Waals surface area (Å²) in [5, 5.41) is 10.2. The molecule has 0 fully saturated rings. The molecule has 0 spiro atoms. The molecule has 2 aliphatic heterocycles. The minimum absolute atomic E-state index is 0.0650. The predicted octanol–water partition coefficient (Wildman–Crippen LogP) is 4.15. The molecule has 0 bridgehead atoms. The standard InChI is InChI=1S/C27H26N2O4/c1-5-20-14-18(11-16(3)26(20)28-22(30)7-8-23(28)31)13-19-12-17(4)27(21(6-2)15-19)29-24(32)9-10-25(29)33/h7-12,14-15H,5-6,13H2,1-4H3/p+1. The Bertz CT molecular complexity index is 1280. The van der Waals surface area contributed by atoms with E-state index in [0.717, 1.165) is 39.1 Å². The Kier molecular flexibility index (Phi) is 5.85. The van der Waals surface area contributed by atoms with Crippen LogP contribution in [0.25, 0.3) is 0 Å². The van der Waals surface area contributed by atoms with Crippen molar-refractivity contribution >= 4 is 35.0 Å². The molecule has 4 rings (SSSR count). The summed E-state index contributed by atoms with van der Waals surface area (Å²) in [6.07, 6.45) is 7.47. The number of anilines is 1. The number of hydrogen-bond donors (Lipinski definition) is 1. The van der Waals surface area contributed by atoms with Gasteiger partial charge in [0.05, 0.1) is 17.8 Å². The van der Waals surface area contributed by atoms with Crippen molar-refractivity contribution in [2.45, 2.75) is 47.0 Å². The van der Waals surface area contributed by atoms with Gasteiger partial charge in [-0.2, -0.15) is 0 Å². The van der Waals surface area contributed by atoms with Crippen LogP contribution in [-0.4, -0.2) is 33.3 Å². The van der Waals surface area contributed by atoms with Gasteiger partial charge in [-0.15, -0.1) is 0 Å². The third-order valence-corrected chi connectivity index (χ3v) is 6.13. The summed E-state index contributed by atoms with van der Waals surface area (Å²) in [4.78, 5) is 38.0. The molecule has 0 saturated heterocycles. The molecule has 2 aliphatic rings. The van der Waals surface area contributed by atoms with Crippen LogP contribution in [-0.2, 0) is 33.6 Å². The highest BCUT2D eigenvalue weighted by atomic mass is 16.3. The van der Waals surface area contributed by atoms with Crippen LogP contribution in [0.2, 0.25) is 0 Å². The molecule has 0 aliphatic carbocycles. The van der Waals surface area contributed by atoms with Crippen LogP contribution in [0.5, 0.6) is 0 Å². The van der Waals surface area contributed by atoms with Gasteiger partial charge in [-0.3, -0.25) is 9.59 Å². The lowest BCUT2D eigenvalue weighted by Crippen LogP contribution is -2.31. The van der Waals surface area contributed by atoms with Gasteiger partial charge in [-0.05, 0) is 67.5 Å². The molecule has 0 radical (unpaired) electrons. The van der Waals surface area contributed by atoms with Crippen molar-refractivity contribution in [3.05, 3.63) is 82.0 Å².